The van der Waals surface area contributed by atoms with E-state index in [1.807, 2.05) is 30.5 Å². The van der Waals surface area contributed by atoms with Crippen molar-refractivity contribution < 1.29 is 13.2 Å². The van der Waals surface area contributed by atoms with Crippen molar-refractivity contribution in [1.29, 1.82) is 0 Å². The Labute approximate surface area is 163 Å². The minimum Gasteiger partial charge on any atom is -0.267 e. The molecule has 0 unspecified atom stereocenters. The molecule has 0 saturated carbocycles. The molecule has 1 amide bonds. The van der Waals surface area contributed by atoms with Crippen LogP contribution in [-0.4, -0.2) is 44.2 Å². The summed E-state index contributed by atoms with van der Waals surface area (Å²) < 4.78 is 26.5. The maximum absolute atomic E-state index is 12.5. The normalized spacial score (nSPS) is 15.3. The Bertz CT molecular complexity index is 918. The van der Waals surface area contributed by atoms with E-state index in [1.165, 1.54) is 28.6 Å². The van der Waals surface area contributed by atoms with E-state index in [-0.39, 0.29) is 4.90 Å². The second-order valence-corrected chi connectivity index (χ2v) is 8.93. The molecule has 0 bridgehead atoms. The van der Waals surface area contributed by atoms with Crippen molar-refractivity contribution in [3.8, 4) is 0 Å². The van der Waals surface area contributed by atoms with Crippen molar-refractivity contribution in [1.82, 2.24) is 9.73 Å². The van der Waals surface area contributed by atoms with E-state index in [9.17, 15) is 13.2 Å². The smallest absolute Gasteiger partial charge is 0.267 e. The third-order valence-electron chi connectivity index (χ3n) is 4.31. The van der Waals surface area contributed by atoms with Gasteiger partial charge >= 0.3 is 0 Å². The van der Waals surface area contributed by atoms with Crippen molar-refractivity contribution in [3.63, 3.8) is 0 Å². The lowest BCUT2D eigenvalue weighted by molar-refractivity contribution is 0.0955. The molecule has 8 heteroatoms. The number of rotatable bonds is 6. The van der Waals surface area contributed by atoms with E-state index in [4.69, 9.17) is 0 Å². The van der Waals surface area contributed by atoms with Crippen LogP contribution in [-0.2, 0) is 10.0 Å². The summed E-state index contributed by atoms with van der Waals surface area (Å²) in [7, 11) is -3.47. The third-order valence-corrected chi connectivity index (χ3v) is 6.97. The molecule has 2 aromatic carbocycles. The van der Waals surface area contributed by atoms with Gasteiger partial charge in [0.2, 0.25) is 10.0 Å². The number of carbonyl (C=O) groups is 1. The summed E-state index contributed by atoms with van der Waals surface area (Å²) in [5, 5.41) is 3.95. The number of benzene rings is 2. The van der Waals surface area contributed by atoms with Crippen LogP contribution >= 0.6 is 11.8 Å². The molecule has 0 atom stereocenters. The number of hydrogen-bond donors (Lipinski definition) is 1. The average Bonchev–Trinajstić information content (AvgIpc) is 3.24. The fraction of sp³-hybridized carbons (Fsp3) is 0.263. The van der Waals surface area contributed by atoms with Crippen LogP contribution in [0.2, 0.25) is 0 Å². The van der Waals surface area contributed by atoms with Gasteiger partial charge in [-0.2, -0.15) is 9.41 Å². The quantitative estimate of drug-likeness (QED) is 0.457. The molecule has 1 aliphatic heterocycles. The van der Waals surface area contributed by atoms with E-state index in [2.05, 4.69) is 10.5 Å². The van der Waals surface area contributed by atoms with Crippen LogP contribution < -0.4 is 5.43 Å². The molecule has 0 radical (unpaired) electrons. The minimum atomic E-state index is -3.47. The van der Waals surface area contributed by atoms with Gasteiger partial charge in [0.25, 0.3) is 5.91 Å². The van der Waals surface area contributed by atoms with E-state index in [0.29, 0.717) is 18.7 Å². The molecule has 1 aliphatic rings. The predicted octanol–water partition coefficient (Wildman–Crippen LogP) is 2.96. The highest BCUT2D eigenvalue weighted by Crippen LogP contribution is 2.21. The van der Waals surface area contributed by atoms with Gasteiger partial charge in [-0.3, -0.25) is 4.79 Å². The number of carbonyl (C=O) groups excluding carboxylic acids is 1. The monoisotopic (exact) mass is 403 g/mol. The number of sulfonamides is 1. The molecule has 0 spiro atoms. The highest BCUT2D eigenvalue weighted by atomic mass is 32.2. The lowest BCUT2D eigenvalue weighted by atomic mass is 10.2. The molecular formula is C19H21N3O3S2. The van der Waals surface area contributed by atoms with Crippen molar-refractivity contribution in [2.75, 3.05) is 19.3 Å². The van der Waals surface area contributed by atoms with E-state index in [0.717, 1.165) is 23.3 Å². The minimum absolute atomic E-state index is 0.207. The van der Waals surface area contributed by atoms with Crippen molar-refractivity contribution in [2.45, 2.75) is 22.6 Å². The zero-order valence-electron chi connectivity index (χ0n) is 15.0. The molecule has 1 saturated heterocycles. The van der Waals surface area contributed by atoms with Crippen LogP contribution in [0.4, 0.5) is 0 Å². The van der Waals surface area contributed by atoms with Crippen LogP contribution in [0, 0.1) is 0 Å². The van der Waals surface area contributed by atoms with Gasteiger partial charge in [0.15, 0.2) is 0 Å². The highest BCUT2D eigenvalue weighted by molar-refractivity contribution is 7.98. The first-order chi connectivity index (χ1) is 13.0. The molecule has 0 aromatic heterocycles. The van der Waals surface area contributed by atoms with Gasteiger partial charge in [-0.15, -0.1) is 11.8 Å². The van der Waals surface area contributed by atoms with Crippen molar-refractivity contribution in [2.24, 2.45) is 5.10 Å². The summed E-state index contributed by atoms with van der Waals surface area (Å²) >= 11 is 1.65. The van der Waals surface area contributed by atoms with Crippen molar-refractivity contribution in [3.05, 3.63) is 59.7 Å². The summed E-state index contributed by atoms with van der Waals surface area (Å²) in [5.41, 5.74) is 3.68. The van der Waals surface area contributed by atoms with E-state index < -0.39 is 15.9 Å². The Morgan fingerprint density at radius 3 is 2.30 bits per heavy atom. The van der Waals surface area contributed by atoms with Crippen LogP contribution in [0.25, 0.3) is 0 Å². The third kappa shape index (κ3) is 4.77. The van der Waals surface area contributed by atoms with Gasteiger partial charge in [0, 0.05) is 23.5 Å². The Kier molecular flexibility index (Phi) is 6.30. The topological polar surface area (TPSA) is 78.8 Å². The van der Waals surface area contributed by atoms with Gasteiger partial charge in [-0.1, -0.05) is 12.1 Å². The molecule has 142 valence electrons. The van der Waals surface area contributed by atoms with Crippen LogP contribution in [0.3, 0.4) is 0 Å². The Hall–Kier alpha value is -2.16. The predicted molar refractivity (Wildman–Crippen MR) is 108 cm³/mol. The van der Waals surface area contributed by atoms with Gasteiger partial charge in [0.1, 0.15) is 0 Å². The van der Waals surface area contributed by atoms with E-state index in [1.54, 1.807) is 18.0 Å². The molecule has 27 heavy (non-hydrogen) atoms. The first-order valence-electron chi connectivity index (χ1n) is 8.58. The fourth-order valence-corrected chi connectivity index (χ4v) is 4.70. The number of hydrazone groups is 1. The summed E-state index contributed by atoms with van der Waals surface area (Å²) in [5.74, 6) is -0.392. The van der Waals surface area contributed by atoms with Crippen LogP contribution in [0.15, 0.2) is 63.4 Å². The van der Waals surface area contributed by atoms with E-state index >= 15 is 0 Å². The number of nitrogens with one attached hydrogen (secondary N) is 1. The zero-order chi connectivity index (χ0) is 19.3. The first-order valence-corrected chi connectivity index (χ1v) is 11.2. The van der Waals surface area contributed by atoms with Crippen LogP contribution in [0.1, 0.15) is 28.8 Å². The average molecular weight is 404 g/mol. The van der Waals surface area contributed by atoms with Crippen molar-refractivity contribution >= 4 is 33.9 Å². The van der Waals surface area contributed by atoms with Gasteiger partial charge < -0.3 is 0 Å². The molecule has 0 aliphatic carbocycles. The van der Waals surface area contributed by atoms with Gasteiger partial charge in [0.05, 0.1) is 11.1 Å². The lowest BCUT2D eigenvalue weighted by Gasteiger charge is -2.15. The first kappa shape index (κ1) is 19.6. The number of hydrogen-bond acceptors (Lipinski definition) is 5. The SMILES string of the molecule is CSc1ccc(/C=N\NC(=O)c2ccc(S(=O)(=O)N3CCCC3)cc2)cc1. The number of amides is 1. The number of thioether (sulfide) groups is 1. The fourth-order valence-electron chi connectivity index (χ4n) is 2.78. The number of nitrogens with zero attached hydrogens (tertiary/aromatic N) is 2. The Balaban J connectivity index is 1.62. The molecule has 1 heterocycles. The summed E-state index contributed by atoms with van der Waals surface area (Å²) in [4.78, 5) is 13.5. The largest absolute Gasteiger partial charge is 0.271 e. The maximum atomic E-state index is 12.5. The summed E-state index contributed by atoms with van der Waals surface area (Å²) in [6, 6.07) is 13.7. The summed E-state index contributed by atoms with van der Waals surface area (Å²) in [6.07, 6.45) is 5.34. The lowest BCUT2D eigenvalue weighted by Crippen LogP contribution is -2.28. The van der Waals surface area contributed by atoms with Gasteiger partial charge in [-0.25, -0.2) is 13.8 Å². The van der Waals surface area contributed by atoms with Crippen LogP contribution in [0.5, 0.6) is 0 Å². The Morgan fingerprint density at radius 1 is 1.07 bits per heavy atom. The standard InChI is InChI=1S/C19H21N3O3S2/c1-26-17-8-4-15(5-9-17)14-20-21-19(23)16-6-10-18(11-7-16)27(24,25)22-12-2-3-13-22/h4-11,14H,2-3,12-13H2,1H3,(H,21,23)/b20-14-. The Morgan fingerprint density at radius 2 is 1.70 bits per heavy atom. The molecule has 6 nitrogen and oxygen atoms in total. The molecular weight excluding hydrogens is 382 g/mol. The van der Waals surface area contributed by atoms with Gasteiger partial charge in [-0.05, 0) is 61.1 Å². The highest BCUT2D eigenvalue weighted by Gasteiger charge is 2.27. The second kappa shape index (κ2) is 8.69. The summed E-state index contributed by atoms with van der Waals surface area (Å²) in [6.45, 7) is 1.11. The molecule has 2 aromatic rings. The zero-order valence-corrected chi connectivity index (χ0v) is 16.6. The molecule has 3 rings (SSSR count). The second-order valence-electron chi connectivity index (χ2n) is 6.11. The molecule has 1 fully saturated rings. The maximum Gasteiger partial charge on any atom is 0.271 e. The molecule has 1 N–H and O–H groups in total.